The molecule has 3 rings (SSSR count). The minimum Gasteiger partial charge on any atom is -0.507 e. The van der Waals surface area contributed by atoms with Gasteiger partial charge in [-0.3, -0.25) is 9.59 Å². The Bertz CT molecular complexity index is 1110. The number of carbonyl (C=O) groups excluding carboxylic acids is 2. The molecule has 1 heterocycles. The van der Waals surface area contributed by atoms with E-state index in [1.54, 1.807) is 12.1 Å². The molecule has 1 fully saturated rings. The Morgan fingerprint density at radius 2 is 1.82 bits per heavy atom. The van der Waals surface area contributed by atoms with Crippen LogP contribution in [0.2, 0.25) is 5.02 Å². The summed E-state index contributed by atoms with van der Waals surface area (Å²) < 4.78 is 16.5. The number of unbranched alkanes of at least 4 members (excludes halogenated alkanes) is 1. The van der Waals surface area contributed by atoms with Crippen molar-refractivity contribution in [1.29, 1.82) is 0 Å². The smallest absolute Gasteiger partial charge is 0.295 e. The maximum Gasteiger partial charge on any atom is 0.295 e. The quantitative estimate of drug-likeness (QED) is 0.291. The summed E-state index contributed by atoms with van der Waals surface area (Å²) in [7, 11) is 2.88. The van der Waals surface area contributed by atoms with Gasteiger partial charge in [-0.15, -0.1) is 0 Å². The summed E-state index contributed by atoms with van der Waals surface area (Å²) in [6, 6.07) is 9.43. The van der Waals surface area contributed by atoms with Gasteiger partial charge in [-0.1, -0.05) is 37.1 Å². The number of hydrogen-bond donors (Lipinski definition) is 1. The molecule has 182 valence electrons. The summed E-state index contributed by atoms with van der Waals surface area (Å²) in [4.78, 5) is 27.8. The minimum absolute atomic E-state index is 0.0227. The molecule has 2 aromatic carbocycles. The van der Waals surface area contributed by atoms with Crippen molar-refractivity contribution in [1.82, 2.24) is 4.90 Å². The number of rotatable bonds is 9. The first-order valence-corrected chi connectivity index (χ1v) is 11.6. The molecule has 34 heavy (non-hydrogen) atoms. The fraction of sp³-hybridized carbons (Fsp3) is 0.385. The van der Waals surface area contributed by atoms with E-state index >= 15 is 0 Å². The Hall–Kier alpha value is -3.19. The molecule has 0 radical (unpaired) electrons. The van der Waals surface area contributed by atoms with E-state index in [-0.39, 0.29) is 33.8 Å². The predicted octanol–water partition coefficient (Wildman–Crippen LogP) is 5.37. The molecule has 1 saturated heterocycles. The largest absolute Gasteiger partial charge is 0.507 e. The lowest BCUT2D eigenvalue weighted by Crippen LogP contribution is -2.30. The first-order chi connectivity index (χ1) is 16.2. The van der Waals surface area contributed by atoms with Gasteiger partial charge in [-0.25, -0.2) is 0 Å². The van der Waals surface area contributed by atoms with Crippen LogP contribution in [0.15, 0.2) is 42.0 Å². The summed E-state index contributed by atoms with van der Waals surface area (Å²) in [6.07, 6.45) is 1.51. The predicted molar refractivity (Wildman–Crippen MR) is 131 cm³/mol. The lowest BCUT2D eigenvalue weighted by Gasteiger charge is -2.26. The normalized spacial score (nSPS) is 17.4. The molecular weight excluding hydrogens is 458 g/mol. The van der Waals surface area contributed by atoms with Crippen molar-refractivity contribution in [3.05, 3.63) is 58.1 Å². The zero-order valence-electron chi connectivity index (χ0n) is 20.1. The maximum absolute atomic E-state index is 13.2. The highest BCUT2D eigenvalue weighted by atomic mass is 35.5. The third kappa shape index (κ3) is 4.99. The van der Waals surface area contributed by atoms with E-state index in [0.29, 0.717) is 30.0 Å². The van der Waals surface area contributed by atoms with Crippen molar-refractivity contribution in [2.24, 2.45) is 0 Å². The second-order valence-electron chi connectivity index (χ2n) is 8.27. The van der Waals surface area contributed by atoms with Gasteiger partial charge in [0.15, 0.2) is 0 Å². The molecule has 7 nitrogen and oxygen atoms in total. The van der Waals surface area contributed by atoms with Crippen LogP contribution in [0, 0.1) is 0 Å². The molecule has 1 amide bonds. The third-order valence-corrected chi connectivity index (χ3v) is 5.86. The Balaban J connectivity index is 2.24. The maximum atomic E-state index is 13.2. The van der Waals surface area contributed by atoms with Crippen LogP contribution in [-0.2, 0) is 9.59 Å². The van der Waals surface area contributed by atoms with Gasteiger partial charge in [0.1, 0.15) is 23.0 Å². The number of nitrogens with zero attached hydrogens (tertiary/aromatic N) is 1. The monoisotopic (exact) mass is 487 g/mol. The topological polar surface area (TPSA) is 85.3 Å². The van der Waals surface area contributed by atoms with E-state index in [1.807, 2.05) is 32.9 Å². The van der Waals surface area contributed by atoms with Crippen LogP contribution in [0.3, 0.4) is 0 Å². The Morgan fingerprint density at radius 3 is 2.44 bits per heavy atom. The number of Topliss-reactive ketones (excluding diaryl/α,β-unsaturated/α-hetero) is 1. The molecule has 1 aliphatic rings. The molecule has 2 aromatic rings. The summed E-state index contributed by atoms with van der Waals surface area (Å²) >= 11 is 6.21. The average molecular weight is 488 g/mol. The average Bonchev–Trinajstić information content (AvgIpc) is 3.06. The number of carbonyl (C=O) groups is 2. The first kappa shape index (κ1) is 25.4. The van der Waals surface area contributed by atoms with Gasteiger partial charge in [0.25, 0.3) is 11.7 Å². The van der Waals surface area contributed by atoms with Crippen molar-refractivity contribution in [2.45, 2.75) is 45.8 Å². The first-order valence-electron chi connectivity index (χ1n) is 11.2. The van der Waals surface area contributed by atoms with Crippen LogP contribution in [0.1, 0.15) is 50.8 Å². The van der Waals surface area contributed by atoms with Crippen LogP contribution in [0.5, 0.6) is 17.2 Å². The number of ether oxygens (including phenoxy) is 3. The van der Waals surface area contributed by atoms with E-state index in [4.69, 9.17) is 25.8 Å². The molecular formula is C26H30ClNO6. The van der Waals surface area contributed by atoms with Gasteiger partial charge < -0.3 is 24.2 Å². The van der Waals surface area contributed by atoms with Gasteiger partial charge in [-0.05, 0) is 44.0 Å². The van der Waals surface area contributed by atoms with Gasteiger partial charge >= 0.3 is 0 Å². The lowest BCUT2D eigenvalue weighted by molar-refractivity contribution is -0.139. The van der Waals surface area contributed by atoms with E-state index in [9.17, 15) is 14.7 Å². The zero-order chi connectivity index (χ0) is 25.0. The molecule has 8 heteroatoms. The molecule has 0 aromatic heterocycles. The van der Waals surface area contributed by atoms with Gasteiger partial charge in [-0.2, -0.15) is 0 Å². The number of aliphatic hydroxyl groups excluding tert-OH is 1. The van der Waals surface area contributed by atoms with Gasteiger partial charge in [0, 0.05) is 12.6 Å². The molecule has 0 aliphatic carbocycles. The molecule has 0 saturated carbocycles. The van der Waals surface area contributed by atoms with Crippen LogP contribution in [0.4, 0.5) is 0 Å². The van der Waals surface area contributed by atoms with Crippen molar-refractivity contribution >= 4 is 29.1 Å². The molecule has 0 bridgehead atoms. The molecule has 1 unspecified atom stereocenters. The Labute approximate surface area is 204 Å². The summed E-state index contributed by atoms with van der Waals surface area (Å²) in [6.45, 7) is 6.22. The fourth-order valence-corrected chi connectivity index (χ4v) is 4.24. The number of benzene rings is 2. The Morgan fingerprint density at radius 1 is 1.12 bits per heavy atom. The van der Waals surface area contributed by atoms with Crippen molar-refractivity contribution in [3.8, 4) is 17.2 Å². The standard InChI is InChI=1S/C26H30ClNO6/c1-6-7-11-28-23(16-9-8-10-17(12-16)34-15(2)3)22(25(30)26(28)31)24(29)18-13-21(33-5)19(27)14-20(18)32-4/h8-10,12-15,23,29H,6-7,11H2,1-5H3/b24-22+. The van der Waals surface area contributed by atoms with Crippen molar-refractivity contribution in [2.75, 3.05) is 20.8 Å². The number of methoxy groups -OCH3 is 2. The van der Waals surface area contributed by atoms with E-state index in [1.165, 1.54) is 31.3 Å². The van der Waals surface area contributed by atoms with E-state index < -0.39 is 17.7 Å². The highest BCUT2D eigenvalue weighted by Crippen LogP contribution is 2.43. The summed E-state index contributed by atoms with van der Waals surface area (Å²) in [5, 5.41) is 11.7. The second-order valence-corrected chi connectivity index (χ2v) is 8.68. The molecule has 1 N–H and O–H groups in total. The second kappa shape index (κ2) is 10.8. The highest BCUT2D eigenvalue weighted by molar-refractivity contribution is 6.46. The number of halogens is 1. The molecule has 0 spiro atoms. The summed E-state index contributed by atoms with van der Waals surface area (Å²) in [5.41, 5.74) is 0.845. The van der Waals surface area contributed by atoms with Crippen molar-refractivity contribution in [3.63, 3.8) is 0 Å². The third-order valence-electron chi connectivity index (χ3n) is 5.57. The zero-order valence-corrected chi connectivity index (χ0v) is 20.8. The lowest BCUT2D eigenvalue weighted by atomic mass is 9.94. The van der Waals surface area contributed by atoms with E-state index in [2.05, 4.69) is 0 Å². The van der Waals surface area contributed by atoms with Gasteiger partial charge in [0.05, 0.1) is 42.5 Å². The number of ketones is 1. The number of hydrogen-bond acceptors (Lipinski definition) is 6. The van der Waals surface area contributed by atoms with Crippen molar-refractivity contribution < 1.29 is 28.9 Å². The minimum atomic E-state index is -0.784. The van der Waals surface area contributed by atoms with Crippen LogP contribution in [-0.4, -0.2) is 48.6 Å². The summed E-state index contributed by atoms with van der Waals surface area (Å²) in [5.74, 6) is -0.615. The fourth-order valence-electron chi connectivity index (χ4n) is 4.01. The molecule has 1 atom stereocenters. The Kier molecular flexibility index (Phi) is 8.10. The van der Waals surface area contributed by atoms with Crippen LogP contribution in [0.25, 0.3) is 5.76 Å². The SMILES string of the molecule is CCCCN1C(=O)C(=O)/C(=C(/O)c2cc(OC)c(Cl)cc2OC)C1c1cccc(OC(C)C)c1. The van der Waals surface area contributed by atoms with Gasteiger partial charge in [0.2, 0.25) is 0 Å². The van der Waals surface area contributed by atoms with Crippen LogP contribution >= 0.6 is 11.6 Å². The number of amides is 1. The number of likely N-dealkylation sites (tertiary alicyclic amines) is 1. The highest BCUT2D eigenvalue weighted by Gasteiger charge is 2.46. The molecule has 1 aliphatic heterocycles. The van der Waals surface area contributed by atoms with E-state index in [0.717, 1.165) is 6.42 Å². The number of aliphatic hydroxyl groups is 1. The van der Waals surface area contributed by atoms with Crippen LogP contribution < -0.4 is 14.2 Å².